The van der Waals surface area contributed by atoms with Gasteiger partial charge in [-0.05, 0) is 30.5 Å². The molecule has 4 N–H and O–H groups in total. The largest absolute Gasteiger partial charge is 0.462 e. The van der Waals surface area contributed by atoms with E-state index in [1.807, 2.05) is 6.07 Å². The fourth-order valence-electron chi connectivity index (χ4n) is 5.59. The zero-order valence-corrected chi connectivity index (χ0v) is 28.6. The molecule has 0 atom stereocenters. The number of nitrogens with two attached hydrogens (primary N) is 2. The Balaban J connectivity index is 2.59. The van der Waals surface area contributed by atoms with Gasteiger partial charge in [0.1, 0.15) is 0 Å². The fraction of sp³-hybridized carbons (Fsp3) is 0.784. The summed E-state index contributed by atoms with van der Waals surface area (Å²) in [6, 6.07) is 5.37. The number of unbranched alkanes of at least 4 members (excludes halogenated alkanes) is 18. The molecule has 0 unspecified atom stereocenters. The highest BCUT2D eigenvalue weighted by Gasteiger charge is 2.21. The second-order valence-corrected chi connectivity index (χ2v) is 12.4. The minimum atomic E-state index is -0.460. The van der Waals surface area contributed by atoms with E-state index in [2.05, 4.69) is 18.7 Å². The summed E-state index contributed by atoms with van der Waals surface area (Å²) in [5, 5.41) is 0. The third-order valence-electron chi connectivity index (χ3n) is 8.28. The van der Waals surface area contributed by atoms with E-state index < -0.39 is 11.9 Å². The first-order valence-corrected chi connectivity index (χ1v) is 18.2. The molecule has 7 nitrogen and oxygen atoms in total. The number of hydrogen-bond donors (Lipinski definition) is 2. The predicted molar refractivity (Wildman–Crippen MR) is 184 cm³/mol. The maximum atomic E-state index is 13.2. The van der Waals surface area contributed by atoms with Gasteiger partial charge in [-0.1, -0.05) is 135 Å². The van der Waals surface area contributed by atoms with E-state index in [4.69, 9.17) is 20.9 Å². The van der Waals surface area contributed by atoms with Crippen molar-refractivity contribution in [2.45, 2.75) is 149 Å². The van der Waals surface area contributed by atoms with Crippen LogP contribution >= 0.6 is 0 Å². The van der Waals surface area contributed by atoms with Crippen LogP contribution in [0.3, 0.4) is 0 Å². The van der Waals surface area contributed by atoms with E-state index in [1.54, 1.807) is 12.1 Å². The Kier molecular flexibility index (Phi) is 26.0. The van der Waals surface area contributed by atoms with E-state index in [1.165, 1.54) is 96.3 Å². The second kappa shape index (κ2) is 28.5. The topological polar surface area (TPSA) is 108 Å². The summed E-state index contributed by atoms with van der Waals surface area (Å²) in [6.45, 7) is 8.28. The molecule has 1 aromatic rings. The van der Waals surface area contributed by atoms with Crippen molar-refractivity contribution in [3.63, 3.8) is 0 Å². The molecule has 44 heavy (non-hydrogen) atoms. The monoisotopic (exact) mass is 618 g/mol. The van der Waals surface area contributed by atoms with Gasteiger partial charge in [0.05, 0.1) is 24.3 Å². The summed E-state index contributed by atoms with van der Waals surface area (Å²) in [5.74, 6) is -0.919. The van der Waals surface area contributed by atoms with Gasteiger partial charge in [-0.2, -0.15) is 0 Å². The van der Waals surface area contributed by atoms with Crippen molar-refractivity contribution in [1.82, 2.24) is 4.90 Å². The van der Waals surface area contributed by atoms with Crippen LogP contribution in [0.4, 0.5) is 0 Å². The summed E-state index contributed by atoms with van der Waals surface area (Å²) in [6.07, 6.45) is 24.4. The van der Waals surface area contributed by atoms with Crippen LogP contribution in [0.5, 0.6) is 0 Å². The fourth-order valence-corrected chi connectivity index (χ4v) is 5.59. The van der Waals surface area contributed by atoms with Crippen LogP contribution in [0.1, 0.15) is 169 Å². The number of rotatable bonds is 30. The maximum Gasteiger partial charge on any atom is 0.339 e. The van der Waals surface area contributed by atoms with Gasteiger partial charge in [-0.3, -0.25) is 4.90 Å². The smallest absolute Gasteiger partial charge is 0.339 e. The molecule has 0 aliphatic rings. The zero-order chi connectivity index (χ0) is 32.1. The Hall–Kier alpha value is -1.96. The summed E-state index contributed by atoms with van der Waals surface area (Å²) >= 11 is 0. The minimum Gasteiger partial charge on any atom is -0.462 e. The first kappa shape index (κ1) is 40.1. The Morgan fingerprint density at radius 1 is 0.568 bits per heavy atom. The van der Waals surface area contributed by atoms with Crippen LogP contribution in [0.15, 0.2) is 18.2 Å². The molecule has 0 amide bonds. The molecular weight excluding hydrogens is 550 g/mol. The first-order chi connectivity index (χ1) is 21.6. The minimum absolute atomic E-state index is 0.276. The lowest BCUT2D eigenvalue weighted by Gasteiger charge is -2.21. The van der Waals surface area contributed by atoms with Crippen LogP contribution in [-0.2, 0) is 16.0 Å². The van der Waals surface area contributed by atoms with E-state index in [9.17, 15) is 9.59 Å². The van der Waals surface area contributed by atoms with Gasteiger partial charge < -0.3 is 20.9 Å². The predicted octanol–water partition coefficient (Wildman–Crippen LogP) is 8.56. The SMILES string of the molecule is CCCCCCCCCCCCOC(=O)c1ccc(CN(CCN)CCN)cc1C(=O)OCCCCCCCCCCCC. The summed E-state index contributed by atoms with van der Waals surface area (Å²) in [4.78, 5) is 28.4. The van der Waals surface area contributed by atoms with Crippen molar-refractivity contribution < 1.29 is 19.1 Å². The molecule has 0 saturated heterocycles. The molecule has 1 rings (SSSR count). The lowest BCUT2D eigenvalue weighted by atomic mass is 10.0. The molecule has 0 aliphatic heterocycles. The van der Waals surface area contributed by atoms with Gasteiger partial charge >= 0.3 is 11.9 Å². The molecule has 0 fully saturated rings. The standard InChI is InChI=1S/C37H67N3O4/c1-3-5-7-9-11-13-15-17-19-21-29-43-36(41)34-24-23-33(32-40(27-25-38)28-26-39)31-35(34)37(42)44-30-22-20-18-16-14-12-10-8-6-4-2/h23-24,31H,3-22,25-30,32,38-39H2,1-2H3. The van der Waals surface area contributed by atoms with Crippen molar-refractivity contribution in [2.75, 3.05) is 39.4 Å². The highest BCUT2D eigenvalue weighted by Crippen LogP contribution is 2.18. The van der Waals surface area contributed by atoms with Crippen molar-refractivity contribution in [2.24, 2.45) is 11.5 Å². The number of ether oxygens (including phenoxy) is 2. The van der Waals surface area contributed by atoms with Crippen LogP contribution < -0.4 is 11.5 Å². The molecule has 0 bridgehead atoms. The summed E-state index contributed by atoms with van der Waals surface area (Å²) in [5.41, 5.74) is 13.0. The van der Waals surface area contributed by atoms with Gasteiger partial charge in [0, 0.05) is 32.7 Å². The Morgan fingerprint density at radius 2 is 0.955 bits per heavy atom. The molecule has 0 spiro atoms. The number of benzene rings is 1. The van der Waals surface area contributed by atoms with Crippen LogP contribution in [-0.4, -0.2) is 56.2 Å². The quantitative estimate of drug-likeness (QED) is 0.0657. The van der Waals surface area contributed by atoms with E-state index in [-0.39, 0.29) is 11.1 Å². The zero-order valence-electron chi connectivity index (χ0n) is 28.6. The van der Waals surface area contributed by atoms with Gasteiger partial charge in [0.2, 0.25) is 0 Å². The lowest BCUT2D eigenvalue weighted by Crippen LogP contribution is -2.33. The highest BCUT2D eigenvalue weighted by atomic mass is 16.5. The lowest BCUT2D eigenvalue weighted by molar-refractivity contribution is 0.0450. The molecule has 0 saturated carbocycles. The van der Waals surface area contributed by atoms with Crippen LogP contribution in [0.25, 0.3) is 0 Å². The average Bonchev–Trinajstić information content (AvgIpc) is 3.02. The molecule has 1 aromatic carbocycles. The van der Waals surface area contributed by atoms with Crippen molar-refractivity contribution >= 4 is 11.9 Å². The van der Waals surface area contributed by atoms with Gasteiger partial charge in [-0.25, -0.2) is 9.59 Å². The van der Waals surface area contributed by atoms with Gasteiger partial charge in [0.25, 0.3) is 0 Å². The Bertz CT molecular complexity index is 842. The molecule has 0 radical (unpaired) electrons. The molecule has 0 aliphatic carbocycles. The summed E-state index contributed by atoms with van der Waals surface area (Å²) in [7, 11) is 0. The van der Waals surface area contributed by atoms with Gasteiger partial charge in [0.15, 0.2) is 0 Å². The molecular formula is C37H67N3O4. The number of carbonyl (C=O) groups is 2. The number of hydrogen-bond acceptors (Lipinski definition) is 7. The first-order valence-electron chi connectivity index (χ1n) is 18.2. The van der Waals surface area contributed by atoms with Crippen molar-refractivity contribution in [3.05, 3.63) is 34.9 Å². The second-order valence-electron chi connectivity index (χ2n) is 12.4. The van der Waals surface area contributed by atoms with E-state index >= 15 is 0 Å². The van der Waals surface area contributed by atoms with E-state index in [0.717, 1.165) is 37.7 Å². The maximum absolute atomic E-state index is 13.2. The van der Waals surface area contributed by atoms with Gasteiger partial charge in [-0.15, -0.1) is 0 Å². The molecule has 0 aromatic heterocycles. The Labute approximate surface area is 270 Å². The third kappa shape index (κ3) is 20.1. The number of carbonyl (C=O) groups excluding carboxylic acids is 2. The Morgan fingerprint density at radius 3 is 1.36 bits per heavy atom. The number of nitrogens with zero attached hydrogens (tertiary/aromatic N) is 1. The number of esters is 2. The molecule has 254 valence electrons. The average molecular weight is 618 g/mol. The molecule has 0 heterocycles. The highest BCUT2D eigenvalue weighted by molar-refractivity contribution is 6.03. The van der Waals surface area contributed by atoms with Crippen LogP contribution in [0.2, 0.25) is 0 Å². The summed E-state index contributed by atoms with van der Waals surface area (Å²) < 4.78 is 11.3. The third-order valence-corrected chi connectivity index (χ3v) is 8.28. The van der Waals surface area contributed by atoms with Crippen molar-refractivity contribution in [3.8, 4) is 0 Å². The van der Waals surface area contributed by atoms with Crippen LogP contribution in [0, 0.1) is 0 Å². The van der Waals surface area contributed by atoms with E-state index in [0.29, 0.717) is 45.9 Å². The van der Waals surface area contributed by atoms with Crippen molar-refractivity contribution in [1.29, 1.82) is 0 Å². The molecule has 7 heteroatoms. The normalized spacial score (nSPS) is 11.3.